The second kappa shape index (κ2) is 5.19. The number of ether oxygens (including phenoxy) is 2. The number of hydrogen-bond donors (Lipinski definition) is 1. The zero-order valence-corrected chi connectivity index (χ0v) is 8.98. The molecule has 0 unspecified atom stereocenters. The Labute approximate surface area is 88.4 Å². The maximum Gasteiger partial charge on any atom is 0.411 e. The van der Waals surface area contributed by atoms with E-state index in [1.807, 2.05) is 0 Å². The Hall–Kier alpha value is -1.78. The molecule has 5 nitrogen and oxygen atoms in total. The van der Waals surface area contributed by atoms with Crippen LogP contribution in [0, 0.1) is 0 Å². The number of nitrogens with one attached hydrogen (secondary N) is 1. The number of carbonyl (C=O) groups excluding carboxylic acids is 1. The fourth-order valence-electron chi connectivity index (χ4n) is 0.936. The highest BCUT2D eigenvalue weighted by atomic mass is 16.6. The monoisotopic (exact) mass is 210 g/mol. The Kier molecular flexibility index (Phi) is 3.91. The van der Waals surface area contributed by atoms with Crippen molar-refractivity contribution in [2.45, 2.75) is 20.0 Å². The highest BCUT2D eigenvalue weighted by molar-refractivity contribution is 5.84. The van der Waals surface area contributed by atoms with E-state index in [2.05, 4.69) is 10.3 Å². The van der Waals surface area contributed by atoms with Crippen molar-refractivity contribution in [3.8, 4) is 5.88 Å². The van der Waals surface area contributed by atoms with Gasteiger partial charge in [-0.1, -0.05) is 0 Å². The lowest BCUT2D eigenvalue weighted by molar-refractivity contribution is 0.130. The highest BCUT2D eigenvalue weighted by Crippen LogP contribution is 2.11. The predicted octanol–water partition coefficient (Wildman–Crippen LogP) is 2.05. The Morgan fingerprint density at radius 2 is 2.20 bits per heavy atom. The average molecular weight is 210 g/mol. The number of methoxy groups -OCH3 is 1. The second-order valence-corrected chi connectivity index (χ2v) is 3.17. The minimum atomic E-state index is -0.489. The molecule has 0 atom stereocenters. The number of amides is 1. The van der Waals surface area contributed by atoms with Crippen molar-refractivity contribution < 1.29 is 14.3 Å². The summed E-state index contributed by atoms with van der Waals surface area (Å²) in [6.45, 7) is 3.57. The normalized spacial score (nSPS) is 9.87. The molecule has 0 fully saturated rings. The summed E-state index contributed by atoms with van der Waals surface area (Å²) >= 11 is 0. The Morgan fingerprint density at radius 1 is 1.47 bits per heavy atom. The van der Waals surface area contributed by atoms with Gasteiger partial charge in [-0.25, -0.2) is 9.78 Å². The van der Waals surface area contributed by atoms with Gasteiger partial charge in [0.15, 0.2) is 0 Å². The topological polar surface area (TPSA) is 60.5 Å². The number of pyridine rings is 1. The van der Waals surface area contributed by atoms with Crippen LogP contribution < -0.4 is 10.1 Å². The molecule has 1 aromatic heterocycles. The molecule has 1 N–H and O–H groups in total. The van der Waals surface area contributed by atoms with Crippen molar-refractivity contribution in [1.82, 2.24) is 4.98 Å². The van der Waals surface area contributed by atoms with Gasteiger partial charge in [0.05, 0.1) is 25.1 Å². The van der Waals surface area contributed by atoms with Crippen molar-refractivity contribution in [2.24, 2.45) is 0 Å². The van der Waals surface area contributed by atoms with Crippen molar-refractivity contribution >= 4 is 11.8 Å². The molecule has 0 aliphatic heterocycles. The van der Waals surface area contributed by atoms with Crippen LogP contribution in [0.5, 0.6) is 5.88 Å². The molecule has 0 radical (unpaired) electrons. The van der Waals surface area contributed by atoms with Crippen LogP contribution in [-0.2, 0) is 4.74 Å². The summed E-state index contributed by atoms with van der Waals surface area (Å²) < 4.78 is 9.79. The molecule has 0 saturated carbocycles. The van der Waals surface area contributed by atoms with Crippen LogP contribution in [0.3, 0.4) is 0 Å². The Balaban J connectivity index is 2.53. The van der Waals surface area contributed by atoms with Crippen LogP contribution in [0.15, 0.2) is 18.3 Å². The summed E-state index contributed by atoms with van der Waals surface area (Å²) in [7, 11) is 1.53. The van der Waals surface area contributed by atoms with Gasteiger partial charge in [-0.3, -0.25) is 5.32 Å². The van der Waals surface area contributed by atoms with E-state index in [9.17, 15) is 4.79 Å². The summed E-state index contributed by atoms with van der Waals surface area (Å²) in [5.41, 5.74) is 0.571. The molecule has 15 heavy (non-hydrogen) atoms. The average Bonchev–Trinajstić information content (AvgIpc) is 2.17. The highest BCUT2D eigenvalue weighted by Gasteiger charge is 2.05. The lowest BCUT2D eigenvalue weighted by Gasteiger charge is -2.09. The molecule has 1 amide bonds. The maximum absolute atomic E-state index is 11.2. The summed E-state index contributed by atoms with van der Waals surface area (Å²) in [5, 5.41) is 2.55. The number of aromatic nitrogens is 1. The summed E-state index contributed by atoms with van der Waals surface area (Å²) in [6.07, 6.45) is 0.869. The zero-order valence-electron chi connectivity index (χ0n) is 8.98. The molecule has 0 saturated heterocycles. The van der Waals surface area contributed by atoms with Crippen molar-refractivity contribution in [2.75, 3.05) is 12.4 Å². The molecule has 0 bridgehead atoms. The Morgan fingerprint density at radius 3 is 2.67 bits per heavy atom. The van der Waals surface area contributed by atoms with Crippen LogP contribution in [0.4, 0.5) is 10.5 Å². The molecular weight excluding hydrogens is 196 g/mol. The minimum Gasteiger partial charge on any atom is -0.481 e. The first-order valence-corrected chi connectivity index (χ1v) is 4.59. The molecule has 0 aliphatic carbocycles. The lowest BCUT2D eigenvalue weighted by Crippen LogP contribution is -2.17. The third-order valence-corrected chi connectivity index (χ3v) is 1.53. The molecule has 1 heterocycles. The molecule has 0 aromatic carbocycles. The first-order valence-electron chi connectivity index (χ1n) is 4.59. The van der Waals surface area contributed by atoms with E-state index in [0.29, 0.717) is 11.6 Å². The SMILES string of the molecule is COc1ccc(NC(=O)OC(C)C)cn1. The molecule has 1 rings (SSSR count). The van der Waals surface area contributed by atoms with E-state index in [1.54, 1.807) is 26.0 Å². The van der Waals surface area contributed by atoms with Crippen LogP contribution in [0.2, 0.25) is 0 Å². The zero-order chi connectivity index (χ0) is 11.3. The summed E-state index contributed by atoms with van der Waals surface area (Å²) in [6, 6.07) is 3.35. The van der Waals surface area contributed by atoms with Gasteiger partial charge in [-0.2, -0.15) is 0 Å². The number of nitrogens with zero attached hydrogens (tertiary/aromatic N) is 1. The largest absolute Gasteiger partial charge is 0.481 e. The van der Waals surface area contributed by atoms with Gasteiger partial charge in [-0.05, 0) is 19.9 Å². The van der Waals surface area contributed by atoms with Crippen LogP contribution >= 0.6 is 0 Å². The van der Waals surface area contributed by atoms with Crippen molar-refractivity contribution in [3.63, 3.8) is 0 Å². The number of carbonyl (C=O) groups is 1. The third-order valence-electron chi connectivity index (χ3n) is 1.53. The molecule has 0 aliphatic rings. The van der Waals surface area contributed by atoms with E-state index in [0.717, 1.165) is 0 Å². The first kappa shape index (κ1) is 11.3. The van der Waals surface area contributed by atoms with E-state index < -0.39 is 6.09 Å². The predicted molar refractivity (Wildman–Crippen MR) is 56.0 cm³/mol. The van der Waals surface area contributed by atoms with E-state index in [4.69, 9.17) is 9.47 Å². The fraction of sp³-hybridized carbons (Fsp3) is 0.400. The lowest BCUT2D eigenvalue weighted by atomic mass is 10.4. The third kappa shape index (κ3) is 3.84. The van der Waals surface area contributed by atoms with Gasteiger partial charge in [0.2, 0.25) is 5.88 Å². The summed E-state index contributed by atoms with van der Waals surface area (Å²) in [4.78, 5) is 15.1. The quantitative estimate of drug-likeness (QED) is 0.829. The van der Waals surface area contributed by atoms with Gasteiger partial charge >= 0.3 is 6.09 Å². The molecule has 5 heteroatoms. The van der Waals surface area contributed by atoms with Gasteiger partial charge in [0.1, 0.15) is 0 Å². The standard InChI is InChI=1S/C10H14N2O3/c1-7(2)15-10(13)12-8-4-5-9(14-3)11-6-8/h4-7H,1-3H3,(H,12,13). The van der Waals surface area contributed by atoms with E-state index in [-0.39, 0.29) is 6.10 Å². The number of hydrogen-bond acceptors (Lipinski definition) is 4. The van der Waals surface area contributed by atoms with Crippen LogP contribution in [-0.4, -0.2) is 24.3 Å². The van der Waals surface area contributed by atoms with Crippen molar-refractivity contribution in [1.29, 1.82) is 0 Å². The van der Waals surface area contributed by atoms with Gasteiger partial charge in [0, 0.05) is 6.07 Å². The smallest absolute Gasteiger partial charge is 0.411 e. The van der Waals surface area contributed by atoms with E-state index >= 15 is 0 Å². The number of rotatable bonds is 3. The number of anilines is 1. The van der Waals surface area contributed by atoms with Crippen LogP contribution in [0.1, 0.15) is 13.8 Å². The van der Waals surface area contributed by atoms with Gasteiger partial charge in [0.25, 0.3) is 0 Å². The molecule has 0 spiro atoms. The fourth-order valence-corrected chi connectivity index (χ4v) is 0.936. The minimum absolute atomic E-state index is 0.142. The molecule has 1 aromatic rings. The maximum atomic E-state index is 11.2. The first-order chi connectivity index (χ1) is 7.11. The van der Waals surface area contributed by atoms with Crippen LogP contribution in [0.25, 0.3) is 0 Å². The molecular formula is C10H14N2O3. The second-order valence-electron chi connectivity index (χ2n) is 3.17. The summed E-state index contributed by atoms with van der Waals surface area (Å²) in [5.74, 6) is 0.498. The molecule has 82 valence electrons. The van der Waals surface area contributed by atoms with Crippen molar-refractivity contribution in [3.05, 3.63) is 18.3 Å². The van der Waals surface area contributed by atoms with Gasteiger partial charge in [-0.15, -0.1) is 0 Å². The Bertz CT molecular complexity index is 322. The van der Waals surface area contributed by atoms with E-state index in [1.165, 1.54) is 13.3 Å². The van der Waals surface area contributed by atoms with Gasteiger partial charge < -0.3 is 9.47 Å².